The number of rotatable bonds is 3. The molecule has 116 valence electrons. The highest BCUT2D eigenvalue weighted by atomic mass is 35.5. The number of halogens is 1. The van der Waals surface area contributed by atoms with Crippen LogP contribution in [0.2, 0.25) is 0 Å². The van der Waals surface area contributed by atoms with E-state index in [0.717, 1.165) is 6.42 Å². The van der Waals surface area contributed by atoms with Crippen LogP contribution in [0.1, 0.15) is 32.1 Å². The second-order valence-corrected chi connectivity index (χ2v) is 5.53. The number of nitrogens with zero attached hydrogens (tertiary/aromatic N) is 1. The Morgan fingerprint density at radius 1 is 1.55 bits per heavy atom. The number of nitrogens with two attached hydrogens (primary N) is 1. The Labute approximate surface area is 125 Å². The summed E-state index contributed by atoms with van der Waals surface area (Å²) < 4.78 is 0. The van der Waals surface area contributed by atoms with E-state index in [4.69, 9.17) is 5.73 Å². The summed E-state index contributed by atoms with van der Waals surface area (Å²) in [6.07, 6.45) is 2.42. The van der Waals surface area contributed by atoms with Crippen LogP contribution >= 0.6 is 12.4 Å². The lowest BCUT2D eigenvalue weighted by atomic mass is 9.71. The molecule has 0 saturated carbocycles. The number of carbonyl (C=O) groups excluding carboxylic acids is 2. The Kier molecular flexibility index (Phi) is 6.23. The number of amides is 2. The molecule has 0 unspecified atom stereocenters. The Balaban J connectivity index is 0.00000200. The first-order chi connectivity index (χ1) is 9.10. The molecule has 2 amide bonds. The molecular weight excluding hydrogens is 282 g/mol. The molecule has 7 heteroatoms. The Morgan fingerprint density at radius 2 is 2.30 bits per heavy atom. The molecule has 2 aliphatic heterocycles. The minimum absolute atomic E-state index is 0. The molecule has 0 bridgehead atoms. The van der Waals surface area contributed by atoms with Crippen LogP contribution in [0.3, 0.4) is 0 Å². The maximum absolute atomic E-state index is 12.1. The minimum Gasteiger partial charge on any atom is -0.392 e. The number of piperidine rings is 2. The van der Waals surface area contributed by atoms with Crippen molar-refractivity contribution in [2.45, 2.75) is 38.2 Å². The van der Waals surface area contributed by atoms with Gasteiger partial charge < -0.3 is 21.1 Å². The summed E-state index contributed by atoms with van der Waals surface area (Å²) in [5.41, 5.74) is 4.62. The molecule has 0 aliphatic carbocycles. The fourth-order valence-electron chi connectivity index (χ4n) is 3.07. The van der Waals surface area contributed by atoms with E-state index in [1.54, 1.807) is 4.90 Å². The number of aliphatic hydroxyl groups excluding tert-OH is 1. The van der Waals surface area contributed by atoms with Crippen molar-refractivity contribution in [3.63, 3.8) is 0 Å². The quantitative estimate of drug-likeness (QED) is 0.663. The van der Waals surface area contributed by atoms with Gasteiger partial charge in [-0.3, -0.25) is 9.59 Å². The largest absolute Gasteiger partial charge is 0.392 e. The average molecular weight is 306 g/mol. The normalized spacial score (nSPS) is 29.8. The van der Waals surface area contributed by atoms with Crippen molar-refractivity contribution in [2.24, 2.45) is 11.1 Å². The van der Waals surface area contributed by atoms with Gasteiger partial charge in [0.05, 0.1) is 11.5 Å². The van der Waals surface area contributed by atoms with Crippen molar-refractivity contribution in [3.8, 4) is 0 Å². The summed E-state index contributed by atoms with van der Waals surface area (Å²) in [5.74, 6) is -0.0716. The number of likely N-dealkylation sites (tertiary alicyclic amines) is 1. The van der Waals surface area contributed by atoms with Crippen LogP contribution in [0.4, 0.5) is 0 Å². The number of nitrogens with one attached hydrogen (secondary N) is 1. The van der Waals surface area contributed by atoms with Crippen molar-refractivity contribution in [1.29, 1.82) is 0 Å². The second-order valence-electron chi connectivity index (χ2n) is 5.53. The zero-order valence-electron chi connectivity index (χ0n) is 11.6. The van der Waals surface area contributed by atoms with Gasteiger partial charge in [0.25, 0.3) is 0 Å². The van der Waals surface area contributed by atoms with Gasteiger partial charge in [-0.2, -0.15) is 0 Å². The second kappa shape index (κ2) is 7.24. The first kappa shape index (κ1) is 17.2. The zero-order chi connectivity index (χ0) is 13.9. The van der Waals surface area contributed by atoms with E-state index < -0.39 is 11.5 Å². The van der Waals surface area contributed by atoms with Crippen molar-refractivity contribution in [1.82, 2.24) is 10.2 Å². The predicted octanol–water partition coefficient (Wildman–Crippen LogP) is -0.363. The minimum atomic E-state index is -0.797. The smallest absolute Gasteiger partial charge is 0.230 e. The van der Waals surface area contributed by atoms with Gasteiger partial charge >= 0.3 is 0 Å². The lowest BCUT2D eigenvalue weighted by Crippen LogP contribution is -2.62. The molecule has 2 saturated heterocycles. The maximum Gasteiger partial charge on any atom is 0.230 e. The highest BCUT2D eigenvalue weighted by Gasteiger charge is 2.50. The Morgan fingerprint density at radius 3 is 2.95 bits per heavy atom. The van der Waals surface area contributed by atoms with E-state index in [0.29, 0.717) is 51.9 Å². The lowest BCUT2D eigenvalue weighted by Gasteiger charge is -2.46. The average Bonchev–Trinajstić information content (AvgIpc) is 2.42. The van der Waals surface area contributed by atoms with Crippen LogP contribution in [0.15, 0.2) is 0 Å². The van der Waals surface area contributed by atoms with Crippen LogP contribution in [0.25, 0.3) is 0 Å². The van der Waals surface area contributed by atoms with Gasteiger partial charge in [0.1, 0.15) is 0 Å². The first-order valence-corrected chi connectivity index (χ1v) is 7.04. The standard InChI is InChI=1S/C13H23N3O3.ClH/c14-6-1-3-11(18)16-8-4-10(17)13(9-16)5-2-7-15-12(13)19;/h10,17H,1-9,14H2,(H,15,19);1H/t10-,13+;/m0./s1. The van der Waals surface area contributed by atoms with Gasteiger partial charge in [0.15, 0.2) is 0 Å². The number of carbonyl (C=O) groups is 2. The molecule has 2 heterocycles. The van der Waals surface area contributed by atoms with Gasteiger partial charge in [-0.15, -0.1) is 12.4 Å². The zero-order valence-corrected chi connectivity index (χ0v) is 12.5. The van der Waals surface area contributed by atoms with Gasteiger partial charge in [-0.05, 0) is 32.2 Å². The van der Waals surface area contributed by atoms with E-state index in [1.807, 2.05) is 0 Å². The van der Waals surface area contributed by atoms with E-state index >= 15 is 0 Å². The topological polar surface area (TPSA) is 95.7 Å². The van der Waals surface area contributed by atoms with Crippen LogP contribution in [-0.2, 0) is 9.59 Å². The molecule has 1 spiro atoms. The van der Waals surface area contributed by atoms with Crippen molar-refractivity contribution in [2.75, 3.05) is 26.2 Å². The Hall–Kier alpha value is -0.850. The molecule has 2 rings (SSSR count). The Bertz CT molecular complexity index is 367. The van der Waals surface area contributed by atoms with Crippen molar-refractivity contribution >= 4 is 24.2 Å². The van der Waals surface area contributed by atoms with Crippen LogP contribution in [0, 0.1) is 5.41 Å². The van der Waals surface area contributed by atoms with E-state index in [1.165, 1.54) is 0 Å². The van der Waals surface area contributed by atoms with E-state index in [2.05, 4.69) is 5.32 Å². The fraction of sp³-hybridized carbons (Fsp3) is 0.846. The molecule has 0 radical (unpaired) electrons. The highest BCUT2D eigenvalue weighted by molar-refractivity contribution is 5.86. The summed E-state index contributed by atoms with van der Waals surface area (Å²) in [6, 6.07) is 0. The molecule has 2 atom stereocenters. The molecule has 4 N–H and O–H groups in total. The van der Waals surface area contributed by atoms with E-state index in [9.17, 15) is 14.7 Å². The fourth-order valence-corrected chi connectivity index (χ4v) is 3.07. The molecule has 6 nitrogen and oxygen atoms in total. The first-order valence-electron chi connectivity index (χ1n) is 7.04. The number of aliphatic hydroxyl groups is 1. The summed E-state index contributed by atoms with van der Waals surface area (Å²) in [4.78, 5) is 25.9. The summed E-state index contributed by atoms with van der Waals surface area (Å²) in [7, 11) is 0. The van der Waals surface area contributed by atoms with Gasteiger partial charge in [0.2, 0.25) is 11.8 Å². The van der Waals surface area contributed by atoms with Gasteiger partial charge in [0, 0.05) is 26.1 Å². The summed E-state index contributed by atoms with van der Waals surface area (Å²) >= 11 is 0. The monoisotopic (exact) mass is 305 g/mol. The molecule has 0 aromatic heterocycles. The summed E-state index contributed by atoms with van der Waals surface area (Å²) in [5, 5.41) is 13.0. The highest BCUT2D eigenvalue weighted by Crippen LogP contribution is 2.37. The summed E-state index contributed by atoms with van der Waals surface area (Å²) in [6.45, 7) is 2.02. The third-order valence-corrected chi connectivity index (χ3v) is 4.27. The molecular formula is C13H24ClN3O3. The van der Waals surface area contributed by atoms with Gasteiger partial charge in [-0.1, -0.05) is 0 Å². The van der Waals surface area contributed by atoms with E-state index in [-0.39, 0.29) is 24.2 Å². The molecule has 20 heavy (non-hydrogen) atoms. The van der Waals surface area contributed by atoms with Gasteiger partial charge in [-0.25, -0.2) is 0 Å². The van der Waals surface area contributed by atoms with Crippen molar-refractivity contribution < 1.29 is 14.7 Å². The lowest BCUT2D eigenvalue weighted by molar-refractivity contribution is -0.154. The SMILES string of the molecule is Cl.NCCCC(=O)N1CC[C@H](O)[C@@]2(CCCNC2=O)C1. The third-order valence-electron chi connectivity index (χ3n) is 4.27. The number of hydrogen-bond acceptors (Lipinski definition) is 4. The maximum atomic E-state index is 12.1. The van der Waals surface area contributed by atoms with Crippen LogP contribution in [0.5, 0.6) is 0 Å². The predicted molar refractivity (Wildman–Crippen MR) is 77.4 cm³/mol. The molecule has 2 fully saturated rings. The van der Waals surface area contributed by atoms with Crippen LogP contribution in [-0.4, -0.2) is 54.1 Å². The molecule has 0 aromatic rings. The molecule has 0 aromatic carbocycles. The number of hydrogen-bond donors (Lipinski definition) is 3. The van der Waals surface area contributed by atoms with Crippen LogP contribution < -0.4 is 11.1 Å². The molecule has 2 aliphatic rings. The third kappa shape index (κ3) is 3.24. The van der Waals surface area contributed by atoms with Crippen molar-refractivity contribution in [3.05, 3.63) is 0 Å².